The van der Waals surface area contributed by atoms with Crippen LogP contribution in [0.4, 0.5) is 5.95 Å². The van der Waals surface area contributed by atoms with E-state index in [2.05, 4.69) is 20.1 Å². The number of nitrogens with one attached hydrogen (secondary N) is 1. The van der Waals surface area contributed by atoms with Gasteiger partial charge in [-0.15, -0.1) is 0 Å². The number of ether oxygens (including phenoxy) is 2. The van der Waals surface area contributed by atoms with Crippen LogP contribution < -0.4 is 19.7 Å². The van der Waals surface area contributed by atoms with Crippen molar-refractivity contribution in [2.45, 2.75) is 6.42 Å². The predicted molar refractivity (Wildman–Crippen MR) is 108 cm³/mol. The molecule has 1 aromatic heterocycles. The Morgan fingerprint density at radius 3 is 2.54 bits per heavy atom. The monoisotopic (exact) mass is 387 g/mol. The molecule has 1 N–H and O–H groups in total. The molecule has 1 saturated heterocycles. The smallest absolute Gasteiger partial charge is 0.234 e. The number of piperazine rings is 1. The molecule has 8 heteroatoms. The summed E-state index contributed by atoms with van der Waals surface area (Å²) in [7, 11) is 5.24. The maximum absolute atomic E-state index is 12.3. The van der Waals surface area contributed by atoms with Crippen molar-refractivity contribution >= 4 is 11.9 Å². The van der Waals surface area contributed by atoms with E-state index in [0.717, 1.165) is 44.1 Å². The number of imidazole rings is 1. The van der Waals surface area contributed by atoms with Crippen LogP contribution >= 0.6 is 0 Å². The first-order chi connectivity index (χ1) is 13.6. The van der Waals surface area contributed by atoms with E-state index in [4.69, 9.17) is 9.47 Å². The maximum atomic E-state index is 12.3. The van der Waals surface area contributed by atoms with E-state index in [1.165, 1.54) is 0 Å². The molecule has 0 bridgehead atoms. The highest BCUT2D eigenvalue weighted by molar-refractivity contribution is 5.78. The van der Waals surface area contributed by atoms with Crippen LogP contribution in [-0.4, -0.2) is 73.8 Å². The number of benzene rings is 1. The number of methoxy groups -OCH3 is 2. The Balaban J connectivity index is 1.39. The molecule has 28 heavy (non-hydrogen) atoms. The molecule has 1 aliphatic rings. The van der Waals surface area contributed by atoms with E-state index < -0.39 is 0 Å². The van der Waals surface area contributed by atoms with Crippen LogP contribution in [0.3, 0.4) is 0 Å². The van der Waals surface area contributed by atoms with Gasteiger partial charge in [0.25, 0.3) is 0 Å². The topological polar surface area (TPSA) is 71.9 Å². The third-order valence-corrected chi connectivity index (χ3v) is 5.00. The number of aromatic nitrogens is 2. The van der Waals surface area contributed by atoms with Crippen molar-refractivity contribution < 1.29 is 14.3 Å². The number of hydrogen-bond acceptors (Lipinski definition) is 6. The fraction of sp³-hybridized carbons (Fsp3) is 0.500. The molecule has 1 aliphatic heterocycles. The highest BCUT2D eigenvalue weighted by atomic mass is 16.5. The van der Waals surface area contributed by atoms with Crippen LogP contribution in [0.25, 0.3) is 0 Å². The minimum absolute atomic E-state index is 0.0610. The highest BCUT2D eigenvalue weighted by Gasteiger charge is 2.21. The standard InChI is InChI=1S/C20H29N5O3/c1-23-9-8-22-20(23)25-12-10-24(11-13-25)15-19(26)21-7-6-16-4-5-17(27-2)18(14-16)28-3/h4-5,8-9,14H,6-7,10-13,15H2,1-3H3,(H,21,26). The minimum atomic E-state index is 0.0610. The Morgan fingerprint density at radius 2 is 1.89 bits per heavy atom. The van der Waals surface area contributed by atoms with Crippen molar-refractivity contribution in [3.63, 3.8) is 0 Å². The van der Waals surface area contributed by atoms with Gasteiger partial charge in [-0.1, -0.05) is 6.07 Å². The molecule has 3 rings (SSSR count). The van der Waals surface area contributed by atoms with E-state index in [0.29, 0.717) is 24.6 Å². The van der Waals surface area contributed by atoms with E-state index in [9.17, 15) is 4.79 Å². The number of aryl methyl sites for hydroxylation is 1. The lowest BCUT2D eigenvalue weighted by molar-refractivity contribution is -0.122. The summed E-state index contributed by atoms with van der Waals surface area (Å²) in [5, 5.41) is 3.01. The molecule has 0 aliphatic carbocycles. The first-order valence-corrected chi connectivity index (χ1v) is 9.53. The molecule has 1 fully saturated rings. The number of carbonyl (C=O) groups is 1. The van der Waals surface area contributed by atoms with Crippen molar-refractivity contribution in [1.29, 1.82) is 0 Å². The van der Waals surface area contributed by atoms with Crippen molar-refractivity contribution in [3.05, 3.63) is 36.2 Å². The summed E-state index contributed by atoms with van der Waals surface area (Å²) in [6, 6.07) is 5.82. The van der Waals surface area contributed by atoms with E-state index in [1.807, 2.05) is 42.2 Å². The number of amides is 1. The van der Waals surface area contributed by atoms with Crippen LogP contribution in [0.15, 0.2) is 30.6 Å². The molecule has 0 saturated carbocycles. The molecule has 152 valence electrons. The van der Waals surface area contributed by atoms with Crippen LogP contribution in [-0.2, 0) is 18.3 Å². The lowest BCUT2D eigenvalue weighted by Gasteiger charge is -2.34. The van der Waals surface area contributed by atoms with Crippen LogP contribution in [0.2, 0.25) is 0 Å². The lowest BCUT2D eigenvalue weighted by atomic mass is 10.1. The SMILES string of the molecule is COc1ccc(CCNC(=O)CN2CCN(c3nccn3C)CC2)cc1OC. The van der Waals surface area contributed by atoms with Crippen molar-refractivity contribution in [3.8, 4) is 11.5 Å². The number of carbonyl (C=O) groups excluding carboxylic acids is 1. The van der Waals surface area contributed by atoms with Crippen molar-refractivity contribution in [2.75, 3.05) is 58.4 Å². The number of rotatable bonds is 8. The highest BCUT2D eigenvalue weighted by Crippen LogP contribution is 2.27. The van der Waals surface area contributed by atoms with Gasteiger partial charge in [0.15, 0.2) is 11.5 Å². The van der Waals surface area contributed by atoms with Gasteiger partial charge in [0.2, 0.25) is 11.9 Å². The molecule has 2 heterocycles. The van der Waals surface area contributed by atoms with Gasteiger partial charge in [0.1, 0.15) is 0 Å². The van der Waals surface area contributed by atoms with Crippen molar-refractivity contribution in [2.24, 2.45) is 7.05 Å². The summed E-state index contributed by atoms with van der Waals surface area (Å²) in [6.45, 7) is 4.50. The molecule has 0 atom stereocenters. The van der Waals surface area contributed by atoms with Crippen LogP contribution in [0.5, 0.6) is 11.5 Å². The third kappa shape index (κ3) is 4.95. The van der Waals surface area contributed by atoms with E-state index in [1.54, 1.807) is 14.2 Å². The molecular formula is C20H29N5O3. The summed E-state index contributed by atoms with van der Waals surface area (Å²) in [6.07, 6.45) is 4.51. The Morgan fingerprint density at radius 1 is 1.14 bits per heavy atom. The molecule has 0 spiro atoms. The molecule has 0 unspecified atom stereocenters. The second-order valence-corrected chi connectivity index (χ2v) is 6.89. The fourth-order valence-corrected chi connectivity index (χ4v) is 3.41. The van der Waals surface area contributed by atoms with Gasteiger partial charge in [-0.3, -0.25) is 9.69 Å². The van der Waals surface area contributed by atoms with Gasteiger partial charge in [0.05, 0.1) is 20.8 Å². The Kier molecular flexibility index (Phi) is 6.76. The Bertz CT molecular complexity index is 784. The lowest BCUT2D eigenvalue weighted by Crippen LogP contribution is -2.50. The summed E-state index contributed by atoms with van der Waals surface area (Å²) in [5.74, 6) is 2.46. The number of anilines is 1. The van der Waals surface area contributed by atoms with Gasteiger partial charge in [-0.05, 0) is 24.1 Å². The first kappa shape index (κ1) is 20.0. The second-order valence-electron chi connectivity index (χ2n) is 6.89. The average Bonchev–Trinajstić information content (AvgIpc) is 3.14. The normalized spacial score (nSPS) is 14.8. The number of nitrogens with zero attached hydrogens (tertiary/aromatic N) is 4. The van der Waals surface area contributed by atoms with Crippen LogP contribution in [0.1, 0.15) is 5.56 Å². The number of hydrogen-bond donors (Lipinski definition) is 1. The summed E-state index contributed by atoms with van der Waals surface area (Å²) >= 11 is 0. The first-order valence-electron chi connectivity index (χ1n) is 9.53. The Hall–Kier alpha value is -2.74. The zero-order valence-corrected chi connectivity index (χ0v) is 16.9. The second kappa shape index (κ2) is 9.45. The van der Waals surface area contributed by atoms with Gasteiger partial charge >= 0.3 is 0 Å². The van der Waals surface area contributed by atoms with Crippen LogP contribution in [0, 0.1) is 0 Å². The molecule has 2 aromatic rings. The largest absolute Gasteiger partial charge is 0.493 e. The van der Waals surface area contributed by atoms with Crippen molar-refractivity contribution in [1.82, 2.24) is 19.8 Å². The molecule has 1 amide bonds. The molecular weight excluding hydrogens is 358 g/mol. The van der Waals surface area contributed by atoms with Gasteiger partial charge in [0, 0.05) is 52.2 Å². The minimum Gasteiger partial charge on any atom is -0.493 e. The quantitative estimate of drug-likeness (QED) is 0.726. The average molecular weight is 387 g/mol. The molecule has 0 radical (unpaired) electrons. The fourth-order valence-electron chi connectivity index (χ4n) is 3.41. The van der Waals surface area contributed by atoms with Gasteiger partial charge in [-0.25, -0.2) is 4.98 Å². The Labute approximate surface area is 166 Å². The summed E-state index contributed by atoms with van der Waals surface area (Å²) < 4.78 is 12.6. The maximum Gasteiger partial charge on any atom is 0.234 e. The zero-order chi connectivity index (χ0) is 19.9. The molecule has 1 aromatic carbocycles. The zero-order valence-electron chi connectivity index (χ0n) is 16.9. The summed E-state index contributed by atoms with van der Waals surface area (Å²) in [5.41, 5.74) is 1.10. The van der Waals surface area contributed by atoms with Gasteiger partial charge < -0.3 is 24.3 Å². The summed E-state index contributed by atoms with van der Waals surface area (Å²) in [4.78, 5) is 21.1. The molecule has 8 nitrogen and oxygen atoms in total. The van der Waals surface area contributed by atoms with Gasteiger partial charge in [-0.2, -0.15) is 0 Å². The van der Waals surface area contributed by atoms with E-state index in [-0.39, 0.29) is 5.91 Å². The predicted octanol–water partition coefficient (Wildman–Crippen LogP) is 0.918. The van der Waals surface area contributed by atoms with E-state index >= 15 is 0 Å². The third-order valence-electron chi connectivity index (χ3n) is 5.00.